The lowest BCUT2D eigenvalue weighted by Gasteiger charge is -2.30. The first kappa shape index (κ1) is 21.6. The Morgan fingerprint density at radius 1 is 1.09 bits per heavy atom. The van der Waals surface area contributed by atoms with Gasteiger partial charge in [0.05, 0.1) is 21.6 Å². The molecule has 0 saturated heterocycles. The number of amides is 1. The fourth-order valence-corrected chi connectivity index (χ4v) is 7.09. The number of hydrogen-bond acceptors (Lipinski definition) is 6. The van der Waals surface area contributed by atoms with E-state index in [1.807, 2.05) is 41.0 Å². The summed E-state index contributed by atoms with van der Waals surface area (Å²) in [5.74, 6) is 0.673. The number of nitrogens with one attached hydrogen (secondary N) is 1. The van der Waals surface area contributed by atoms with Gasteiger partial charge < -0.3 is 10.2 Å². The van der Waals surface area contributed by atoms with Crippen molar-refractivity contribution in [2.75, 3.05) is 16.8 Å². The molecule has 0 unspecified atom stereocenters. The number of carbonyl (C=O) groups excluding carboxylic acids is 1. The highest BCUT2D eigenvalue weighted by molar-refractivity contribution is 7.20. The van der Waals surface area contributed by atoms with E-state index in [1.54, 1.807) is 0 Å². The van der Waals surface area contributed by atoms with E-state index in [-0.39, 0.29) is 11.5 Å². The van der Waals surface area contributed by atoms with E-state index in [4.69, 9.17) is 4.98 Å². The van der Waals surface area contributed by atoms with Gasteiger partial charge in [0.25, 0.3) is 11.5 Å². The van der Waals surface area contributed by atoms with E-state index < -0.39 is 0 Å². The summed E-state index contributed by atoms with van der Waals surface area (Å²) in [5, 5.41) is 5.89. The van der Waals surface area contributed by atoms with Crippen molar-refractivity contribution in [2.45, 2.75) is 52.1 Å². The molecule has 0 saturated carbocycles. The van der Waals surface area contributed by atoms with Crippen LogP contribution in [0.1, 0.15) is 50.8 Å². The van der Waals surface area contributed by atoms with Crippen molar-refractivity contribution in [3.05, 3.63) is 72.8 Å². The van der Waals surface area contributed by atoms with E-state index in [9.17, 15) is 9.59 Å². The average Bonchev–Trinajstić information content (AvgIpc) is 3.36. The quantitative estimate of drug-likeness (QED) is 0.419. The number of hydrogen-bond donors (Lipinski definition) is 1. The fraction of sp³-hybridized carbons (Fsp3) is 0.346. The van der Waals surface area contributed by atoms with E-state index in [2.05, 4.69) is 27.7 Å². The largest absolute Gasteiger partial charge is 0.365 e. The van der Waals surface area contributed by atoms with Gasteiger partial charge >= 0.3 is 0 Å². The number of aryl methyl sites for hydroxylation is 2. The van der Waals surface area contributed by atoms with Gasteiger partial charge in [0.15, 0.2) is 0 Å². The Kier molecular flexibility index (Phi) is 5.50. The number of benzene rings is 1. The van der Waals surface area contributed by atoms with Crippen LogP contribution >= 0.6 is 22.7 Å². The predicted molar refractivity (Wildman–Crippen MR) is 140 cm³/mol. The smallest absolute Gasteiger partial charge is 0.266 e. The Balaban J connectivity index is 1.33. The van der Waals surface area contributed by atoms with Crippen LogP contribution < -0.4 is 15.8 Å². The van der Waals surface area contributed by atoms with Gasteiger partial charge in [-0.25, -0.2) is 4.98 Å². The van der Waals surface area contributed by atoms with E-state index >= 15 is 0 Å². The second kappa shape index (κ2) is 8.67. The lowest BCUT2D eigenvalue weighted by molar-refractivity contribution is 0.103. The molecule has 0 radical (unpaired) electrons. The molecular formula is C26H26N4O2S2. The van der Waals surface area contributed by atoms with Crippen LogP contribution in [0.15, 0.2) is 40.5 Å². The fourth-order valence-electron chi connectivity index (χ4n) is 5.11. The molecule has 0 bridgehead atoms. The molecule has 34 heavy (non-hydrogen) atoms. The average molecular weight is 491 g/mol. The molecule has 174 valence electrons. The maximum atomic E-state index is 13.4. The number of fused-ring (bicyclic) bond motifs is 3. The molecule has 0 spiro atoms. The molecule has 1 aromatic carbocycles. The molecule has 8 heteroatoms. The summed E-state index contributed by atoms with van der Waals surface area (Å²) < 4.78 is 1.82. The molecule has 0 atom stereocenters. The number of nitrogens with zero attached hydrogens (tertiary/aromatic N) is 3. The summed E-state index contributed by atoms with van der Waals surface area (Å²) in [6.07, 6.45) is 5.00. The maximum absolute atomic E-state index is 13.4. The Hall–Kier alpha value is -2.97. The lowest BCUT2D eigenvalue weighted by Crippen LogP contribution is -2.30. The maximum Gasteiger partial charge on any atom is 0.266 e. The topological polar surface area (TPSA) is 67.2 Å². The minimum atomic E-state index is -0.180. The van der Waals surface area contributed by atoms with Gasteiger partial charge in [-0.05, 0) is 60.9 Å². The van der Waals surface area contributed by atoms with Crippen LogP contribution in [-0.2, 0) is 25.9 Å². The van der Waals surface area contributed by atoms with Crippen molar-refractivity contribution in [3.63, 3.8) is 0 Å². The monoisotopic (exact) mass is 490 g/mol. The minimum Gasteiger partial charge on any atom is -0.365 e. The van der Waals surface area contributed by atoms with Gasteiger partial charge in [0.2, 0.25) is 0 Å². The van der Waals surface area contributed by atoms with Crippen LogP contribution in [0.5, 0.6) is 0 Å². The third-order valence-electron chi connectivity index (χ3n) is 6.92. The summed E-state index contributed by atoms with van der Waals surface area (Å²) in [6, 6.07) is 10.2. The van der Waals surface area contributed by atoms with E-state index in [1.165, 1.54) is 21.8 Å². The number of thiophene rings is 2. The molecule has 2 aliphatic rings. The molecule has 1 N–H and O–H groups in total. The first-order chi connectivity index (χ1) is 16.6. The molecule has 3 aromatic heterocycles. The number of carbonyl (C=O) groups is 1. The summed E-state index contributed by atoms with van der Waals surface area (Å²) >= 11 is 3.15. The summed E-state index contributed by atoms with van der Waals surface area (Å²) in [5.41, 5.74) is 3.91. The number of anilines is 2. The SMILES string of the molecule is Cc1c(C(=O)Nc2ccccc2N2CCc3sccc3C2)sc2nc3n(c(=O)c12)CCCCC3. The van der Waals surface area contributed by atoms with Gasteiger partial charge in [-0.1, -0.05) is 18.6 Å². The molecule has 5 heterocycles. The first-order valence-corrected chi connectivity index (χ1v) is 13.5. The Morgan fingerprint density at radius 3 is 2.88 bits per heavy atom. The van der Waals surface area contributed by atoms with E-state index in [0.717, 1.165) is 68.0 Å². The third-order valence-corrected chi connectivity index (χ3v) is 9.13. The zero-order chi connectivity index (χ0) is 23.2. The number of aromatic nitrogens is 2. The third kappa shape index (κ3) is 3.65. The Morgan fingerprint density at radius 2 is 1.97 bits per heavy atom. The molecule has 2 aliphatic heterocycles. The van der Waals surface area contributed by atoms with Crippen molar-refractivity contribution in [1.82, 2.24) is 9.55 Å². The highest BCUT2D eigenvalue weighted by atomic mass is 32.1. The van der Waals surface area contributed by atoms with E-state index in [0.29, 0.717) is 21.6 Å². The van der Waals surface area contributed by atoms with Gasteiger partial charge in [-0.2, -0.15) is 0 Å². The van der Waals surface area contributed by atoms with Gasteiger partial charge in [0, 0.05) is 30.9 Å². The second-order valence-corrected chi connectivity index (χ2v) is 11.0. The zero-order valence-electron chi connectivity index (χ0n) is 19.1. The standard InChI is InChI=1S/C26H26N4O2S2/c1-16-22-25(28-21-9-3-2-6-12-30(21)26(22)32)34-23(16)24(31)27-18-7-4-5-8-19(18)29-13-10-20-17(15-29)11-14-33-20/h4-5,7-8,11,14H,2-3,6,9-10,12-13,15H2,1H3,(H,27,31). The van der Waals surface area contributed by atoms with Gasteiger partial charge in [-0.15, -0.1) is 22.7 Å². The highest BCUT2D eigenvalue weighted by Gasteiger charge is 2.24. The molecular weight excluding hydrogens is 464 g/mol. The van der Waals surface area contributed by atoms with Crippen molar-refractivity contribution >= 4 is 50.2 Å². The molecule has 1 amide bonds. The number of para-hydroxylation sites is 2. The highest BCUT2D eigenvalue weighted by Crippen LogP contribution is 2.34. The Labute approximate surface area is 205 Å². The van der Waals surface area contributed by atoms with Crippen molar-refractivity contribution < 1.29 is 4.79 Å². The second-order valence-electron chi connectivity index (χ2n) is 9.04. The van der Waals surface area contributed by atoms with Crippen LogP contribution in [0.25, 0.3) is 10.2 Å². The summed E-state index contributed by atoms with van der Waals surface area (Å²) in [7, 11) is 0. The van der Waals surface area contributed by atoms with Crippen LogP contribution in [0, 0.1) is 6.92 Å². The van der Waals surface area contributed by atoms with Crippen molar-refractivity contribution in [3.8, 4) is 0 Å². The minimum absolute atomic E-state index is 0.00464. The van der Waals surface area contributed by atoms with Crippen LogP contribution in [0.4, 0.5) is 11.4 Å². The van der Waals surface area contributed by atoms with Gasteiger partial charge in [0.1, 0.15) is 10.7 Å². The van der Waals surface area contributed by atoms with Gasteiger partial charge in [-0.3, -0.25) is 14.2 Å². The van der Waals surface area contributed by atoms with Crippen molar-refractivity contribution in [2.24, 2.45) is 0 Å². The molecule has 4 aromatic rings. The molecule has 0 aliphatic carbocycles. The normalized spacial score (nSPS) is 15.6. The Bertz CT molecular complexity index is 1470. The van der Waals surface area contributed by atoms with Crippen LogP contribution in [-0.4, -0.2) is 22.0 Å². The first-order valence-electron chi connectivity index (χ1n) is 11.8. The molecule has 6 rings (SSSR count). The van der Waals surface area contributed by atoms with Crippen molar-refractivity contribution in [1.29, 1.82) is 0 Å². The number of rotatable bonds is 3. The van der Waals surface area contributed by atoms with Crippen LogP contribution in [0.3, 0.4) is 0 Å². The lowest BCUT2D eigenvalue weighted by atomic mass is 10.1. The van der Waals surface area contributed by atoms with Crippen LogP contribution in [0.2, 0.25) is 0 Å². The molecule has 0 fully saturated rings. The predicted octanol–water partition coefficient (Wildman–Crippen LogP) is 5.37. The zero-order valence-corrected chi connectivity index (χ0v) is 20.7. The summed E-state index contributed by atoms with van der Waals surface area (Å²) in [4.78, 5) is 36.5. The molecule has 6 nitrogen and oxygen atoms in total. The summed E-state index contributed by atoms with van der Waals surface area (Å²) in [6.45, 7) is 4.35.